The normalized spacial score (nSPS) is 11.7. The van der Waals surface area contributed by atoms with Gasteiger partial charge in [-0.2, -0.15) is 4.98 Å². The Balaban J connectivity index is 0.00000242. The van der Waals surface area contributed by atoms with Gasteiger partial charge in [0.2, 0.25) is 11.7 Å². The molecule has 0 aliphatic carbocycles. The van der Waals surface area contributed by atoms with Crippen molar-refractivity contribution in [3.63, 3.8) is 0 Å². The Bertz CT molecular complexity index is 616. The van der Waals surface area contributed by atoms with Crippen LogP contribution in [0.25, 0.3) is 11.4 Å². The molecule has 22 heavy (non-hydrogen) atoms. The molecule has 0 aliphatic rings. The molecule has 0 amide bonds. The van der Waals surface area contributed by atoms with E-state index in [9.17, 15) is 4.79 Å². The van der Waals surface area contributed by atoms with Crippen molar-refractivity contribution < 1.29 is 14.4 Å². The molecule has 1 unspecified atom stereocenters. The molecule has 0 spiro atoms. The molecule has 0 bridgehead atoms. The van der Waals surface area contributed by atoms with Crippen LogP contribution >= 0.6 is 12.4 Å². The molecule has 0 saturated heterocycles. The van der Waals surface area contributed by atoms with E-state index in [0.29, 0.717) is 18.1 Å². The van der Waals surface area contributed by atoms with Crippen LogP contribution in [0, 0.1) is 6.92 Å². The maximum Gasteiger partial charge on any atom is 0.320 e. The second-order valence-corrected chi connectivity index (χ2v) is 4.94. The van der Waals surface area contributed by atoms with Gasteiger partial charge < -0.3 is 9.63 Å². The smallest absolute Gasteiger partial charge is 0.320 e. The molecule has 1 aromatic heterocycles. The fraction of sp³-hybridized carbons (Fsp3) is 0.400. The summed E-state index contributed by atoms with van der Waals surface area (Å²) in [4.78, 5) is 15.3. The van der Waals surface area contributed by atoms with Gasteiger partial charge in [0.1, 0.15) is 6.04 Å². The van der Waals surface area contributed by atoms with Crippen LogP contribution in [0.15, 0.2) is 28.8 Å². The topological polar surface area (TPSA) is 88.3 Å². The van der Waals surface area contributed by atoms with Crippen molar-refractivity contribution in [2.24, 2.45) is 0 Å². The second kappa shape index (κ2) is 8.51. The Kier molecular flexibility index (Phi) is 7.01. The molecule has 2 rings (SSSR count). The molecule has 1 atom stereocenters. The molecular weight excluding hydrogens is 306 g/mol. The van der Waals surface area contributed by atoms with Crippen molar-refractivity contribution in [2.75, 3.05) is 0 Å². The van der Waals surface area contributed by atoms with Crippen molar-refractivity contribution >= 4 is 18.4 Å². The Morgan fingerprint density at radius 1 is 1.45 bits per heavy atom. The third-order valence-corrected chi connectivity index (χ3v) is 3.12. The number of hydrogen-bond acceptors (Lipinski definition) is 5. The van der Waals surface area contributed by atoms with E-state index in [1.165, 1.54) is 0 Å². The van der Waals surface area contributed by atoms with Crippen molar-refractivity contribution in [1.82, 2.24) is 15.5 Å². The van der Waals surface area contributed by atoms with E-state index in [-0.39, 0.29) is 19.0 Å². The van der Waals surface area contributed by atoms with E-state index < -0.39 is 12.0 Å². The van der Waals surface area contributed by atoms with E-state index >= 15 is 0 Å². The molecule has 0 aliphatic heterocycles. The number of carboxylic acid groups (broad SMARTS) is 1. The van der Waals surface area contributed by atoms with E-state index in [1.54, 1.807) is 0 Å². The van der Waals surface area contributed by atoms with E-state index in [4.69, 9.17) is 9.63 Å². The van der Waals surface area contributed by atoms with E-state index in [2.05, 4.69) is 15.5 Å². The minimum atomic E-state index is -0.865. The van der Waals surface area contributed by atoms with Crippen LogP contribution in [0.4, 0.5) is 0 Å². The monoisotopic (exact) mass is 325 g/mol. The first-order chi connectivity index (χ1) is 10.1. The van der Waals surface area contributed by atoms with Gasteiger partial charge in [-0.25, -0.2) is 0 Å². The number of nitrogens with one attached hydrogen (secondary N) is 1. The summed E-state index contributed by atoms with van der Waals surface area (Å²) in [6.07, 6.45) is 1.36. The predicted octanol–water partition coefficient (Wildman–Crippen LogP) is 2.81. The van der Waals surface area contributed by atoms with Crippen molar-refractivity contribution in [1.29, 1.82) is 0 Å². The molecule has 7 heteroatoms. The molecule has 120 valence electrons. The van der Waals surface area contributed by atoms with Gasteiger partial charge in [0.15, 0.2) is 0 Å². The summed E-state index contributed by atoms with van der Waals surface area (Å²) in [7, 11) is 0. The summed E-state index contributed by atoms with van der Waals surface area (Å²) in [6, 6.07) is 7.21. The van der Waals surface area contributed by atoms with Gasteiger partial charge >= 0.3 is 5.97 Å². The lowest BCUT2D eigenvalue weighted by Crippen LogP contribution is -2.36. The standard InChI is InChI=1S/C15H19N3O3.ClH/c1-3-5-12(15(19)20)16-9-13-17-14(18-21-13)11-7-4-6-10(2)8-11;/h4,6-8,12,16H,3,5,9H2,1-2H3,(H,19,20);1H. The lowest BCUT2D eigenvalue weighted by Gasteiger charge is -2.11. The van der Waals surface area contributed by atoms with E-state index in [0.717, 1.165) is 17.5 Å². The Hall–Kier alpha value is -1.92. The maximum atomic E-state index is 11.0. The number of aryl methyl sites for hydroxylation is 1. The first-order valence-corrected chi connectivity index (χ1v) is 6.96. The minimum Gasteiger partial charge on any atom is -0.480 e. The van der Waals surface area contributed by atoms with Gasteiger partial charge in [0.25, 0.3) is 0 Å². The average Bonchev–Trinajstić information content (AvgIpc) is 2.92. The summed E-state index contributed by atoms with van der Waals surface area (Å²) in [5.41, 5.74) is 2.00. The van der Waals surface area contributed by atoms with Gasteiger partial charge in [-0.05, 0) is 19.4 Å². The summed E-state index contributed by atoms with van der Waals surface area (Å²) in [6.45, 7) is 4.18. The number of rotatable bonds is 7. The lowest BCUT2D eigenvalue weighted by atomic mass is 10.1. The van der Waals surface area contributed by atoms with Gasteiger partial charge in [-0.15, -0.1) is 12.4 Å². The first kappa shape index (κ1) is 18.1. The number of carboxylic acids is 1. The minimum absolute atomic E-state index is 0. The van der Waals surface area contributed by atoms with Crippen LogP contribution in [-0.2, 0) is 11.3 Å². The van der Waals surface area contributed by atoms with Crippen molar-refractivity contribution in [3.8, 4) is 11.4 Å². The van der Waals surface area contributed by atoms with Crippen LogP contribution in [0.3, 0.4) is 0 Å². The number of aromatic nitrogens is 2. The maximum absolute atomic E-state index is 11.0. The molecule has 1 aromatic carbocycles. The SMILES string of the molecule is CCCC(NCc1nc(-c2cccc(C)c2)no1)C(=O)O.Cl. The summed E-state index contributed by atoms with van der Waals surface area (Å²) in [5, 5.41) is 15.9. The molecule has 0 radical (unpaired) electrons. The third kappa shape index (κ3) is 4.82. The van der Waals surface area contributed by atoms with Crippen LogP contribution in [0.5, 0.6) is 0 Å². The quantitative estimate of drug-likeness (QED) is 0.813. The largest absolute Gasteiger partial charge is 0.480 e. The molecule has 2 N–H and O–H groups in total. The highest BCUT2D eigenvalue weighted by molar-refractivity contribution is 5.85. The molecular formula is C15H20ClN3O3. The summed E-state index contributed by atoms with van der Waals surface area (Å²) in [5.74, 6) is 0.0296. The van der Waals surface area contributed by atoms with Crippen LogP contribution in [0.1, 0.15) is 31.2 Å². The number of nitrogens with zero attached hydrogens (tertiary/aromatic N) is 2. The highest BCUT2D eigenvalue weighted by atomic mass is 35.5. The van der Waals surface area contributed by atoms with Crippen molar-refractivity contribution in [3.05, 3.63) is 35.7 Å². The van der Waals surface area contributed by atoms with Gasteiger partial charge in [-0.3, -0.25) is 10.1 Å². The molecule has 2 aromatic rings. The third-order valence-electron chi connectivity index (χ3n) is 3.12. The molecule has 1 heterocycles. The number of hydrogen-bond donors (Lipinski definition) is 2. The molecule has 0 fully saturated rings. The van der Waals surface area contributed by atoms with Gasteiger partial charge in [0.05, 0.1) is 6.54 Å². The Morgan fingerprint density at radius 3 is 2.86 bits per heavy atom. The predicted molar refractivity (Wildman–Crippen MR) is 84.9 cm³/mol. The zero-order valence-corrected chi connectivity index (χ0v) is 13.4. The average molecular weight is 326 g/mol. The van der Waals surface area contributed by atoms with Crippen LogP contribution < -0.4 is 5.32 Å². The number of carbonyl (C=O) groups is 1. The van der Waals surface area contributed by atoms with Crippen LogP contribution in [-0.4, -0.2) is 27.3 Å². The van der Waals surface area contributed by atoms with Crippen LogP contribution in [0.2, 0.25) is 0 Å². The Labute approximate surface area is 135 Å². The molecule has 0 saturated carbocycles. The summed E-state index contributed by atoms with van der Waals surface area (Å²) >= 11 is 0. The zero-order valence-electron chi connectivity index (χ0n) is 12.6. The fourth-order valence-electron chi connectivity index (χ4n) is 2.04. The second-order valence-electron chi connectivity index (χ2n) is 4.94. The molecule has 6 nitrogen and oxygen atoms in total. The fourth-order valence-corrected chi connectivity index (χ4v) is 2.04. The highest BCUT2D eigenvalue weighted by Gasteiger charge is 2.17. The van der Waals surface area contributed by atoms with Gasteiger partial charge in [-0.1, -0.05) is 42.3 Å². The highest BCUT2D eigenvalue weighted by Crippen LogP contribution is 2.16. The number of benzene rings is 1. The summed E-state index contributed by atoms with van der Waals surface area (Å²) < 4.78 is 5.15. The van der Waals surface area contributed by atoms with Gasteiger partial charge in [0, 0.05) is 5.56 Å². The lowest BCUT2D eigenvalue weighted by molar-refractivity contribution is -0.139. The van der Waals surface area contributed by atoms with E-state index in [1.807, 2.05) is 38.1 Å². The number of halogens is 1. The number of aliphatic carboxylic acids is 1. The first-order valence-electron chi connectivity index (χ1n) is 6.96. The van der Waals surface area contributed by atoms with Crippen molar-refractivity contribution in [2.45, 2.75) is 39.3 Å². The zero-order chi connectivity index (χ0) is 15.2. The Morgan fingerprint density at radius 2 is 2.23 bits per heavy atom.